The zero-order valence-corrected chi connectivity index (χ0v) is 14.5. The second-order valence-electron chi connectivity index (χ2n) is 5.09. The maximum absolute atomic E-state index is 12.4. The Kier molecular flexibility index (Phi) is 6.54. The summed E-state index contributed by atoms with van der Waals surface area (Å²) >= 11 is 0. The molecular weight excluding hydrogens is 346 g/mol. The molecule has 0 heterocycles. The van der Waals surface area contributed by atoms with Gasteiger partial charge in [0.25, 0.3) is 0 Å². The van der Waals surface area contributed by atoms with Crippen molar-refractivity contribution in [1.29, 1.82) is 0 Å². The topological polar surface area (TPSA) is 54.0 Å². The van der Waals surface area contributed by atoms with E-state index in [1.54, 1.807) is 24.3 Å². The van der Waals surface area contributed by atoms with E-state index in [4.69, 9.17) is 14.2 Å². The van der Waals surface area contributed by atoms with Gasteiger partial charge in [0.1, 0.15) is 11.5 Å². The molecule has 0 saturated heterocycles. The van der Waals surface area contributed by atoms with Crippen LogP contribution in [0.25, 0.3) is 6.08 Å². The van der Waals surface area contributed by atoms with Gasteiger partial charge in [-0.05, 0) is 42.0 Å². The van der Waals surface area contributed by atoms with Gasteiger partial charge in [-0.25, -0.2) is 0 Å². The number of rotatable bonds is 8. The lowest BCUT2D eigenvalue weighted by molar-refractivity contribution is -0.0512. The molecule has 0 amide bonds. The van der Waals surface area contributed by atoms with Crippen LogP contribution in [0.1, 0.15) is 15.9 Å². The highest BCUT2D eigenvalue weighted by Crippen LogP contribution is 2.30. The standard InChI is InChI=1S/C19H18F2O5/c1-23-14-8-12(9-15(11-14)24-2)4-6-16(22)13-5-7-17(26-19(20)21)18(10-13)25-3/h4-11,19H,1-3H3/b6-4+. The Morgan fingerprint density at radius 2 is 1.58 bits per heavy atom. The highest BCUT2D eigenvalue weighted by Gasteiger charge is 2.13. The Bertz CT molecular complexity index is 780. The molecule has 0 N–H and O–H groups in total. The number of hydrogen-bond acceptors (Lipinski definition) is 5. The van der Waals surface area contributed by atoms with Crippen LogP contribution in [0.15, 0.2) is 42.5 Å². The lowest BCUT2D eigenvalue weighted by Gasteiger charge is -2.10. The van der Waals surface area contributed by atoms with E-state index < -0.39 is 6.61 Å². The van der Waals surface area contributed by atoms with Crippen molar-refractivity contribution in [3.8, 4) is 23.0 Å². The van der Waals surface area contributed by atoms with Crippen LogP contribution in [-0.2, 0) is 0 Å². The first-order valence-electron chi connectivity index (χ1n) is 7.55. The van der Waals surface area contributed by atoms with Gasteiger partial charge in [-0.2, -0.15) is 8.78 Å². The van der Waals surface area contributed by atoms with Crippen molar-refractivity contribution in [1.82, 2.24) is 0 Å². The number of allylic oxidation sites excluding steroid dienone is 1. The number of alkyl halides is 2. The predicted octanol–water partition coefficient (Wildman–Crippen LogP) is 4.21. The van der Waals surface area contributed by atoms with Gasteiger partial charge in [-0.15, -0.1) is 0 Å². The third-order valence-electron chi connectivity index (χ3n) is 3.47. The smallest absolute Gasteiger partial charge is 0.387 e. The average molecular weight is 364 g/mol. The number of ether oxygens (including phenoxy) is 4. The number of ketones is 1. The number of benzene rings is 2. The summed E-state index contributed by atoms with van der Waals surface area (Å²) in [5.74, 6) is 0.764. The van der Waals surface area contributed by atoms with Crippen molar-refractivity contribution in [3.63, 3.8) is 0 Å². The predicted molar refractivity (Wildman–Crippen MR) is 92.5 cm³/mol. The molecule has 0 spiro atoms. The fourth-order valence-electron chi connectivity index (χ4n) is 2.21. The van der Waals surface area contributed by atoms with Crippen molar-refractivity contribution in [3.05, 3.63) is 53.6 Å². The largest absolute Gasteiger partial charge is 0.497 e. The second-order valence-corrected chi connectivity index (χ2v) is 5.09. The van der Waals surface area contributed by atoms with Crippen LogP contribution in [0.3, 0.4) is 0 Å². The van der Waals surface area contributed by atoms with Crippen LogP contribution in [-0.4, -0.2) is 33.7 Å². The molecule has 2 rings (SSSR count). The summed E-state index contributed by atoms with van der Waals surface area (Å²) in [4.78, 5) is 12.3. The molecule has 26 heavy (non-hydrogen) atoms. The number of methoxy groups -OCH3 is 3. The van der Waals surface area contributed by atoms with E-state index in [0.29, 0.717) is 17.1 Å². The molecule has 0 aromatic heterocycles. The zero-order chi connectivity index (χ0) is 19.1. The van der Waals surface area contributed by atoms with Crippen LogP contribution < -0.4 is 18.9 Å². The minimum absolute atomic E-state index is 0.0487. The second kappa shape index (κ2) is 8.84. The SMILES string of the molecule is COc1cc(/C=C/C(=O)c2ccc(OC(F)F)c(OC)c2)cc(OC)c1. The van der Waals surface area contributed by atoms with Crippen molar-refractivity contribution in [2.75, 3.05) is 21.3 Å². The van der Waals surface area contributed by atoms with Crippen LogP contribution in [0.4, 0.5) is 8.78 Å². The highest BCUT2D eigenvalue weighted by atomic mass is 19.3. The minimum atomic E-state index is -2.98. The van der Waals surface area contributed by atoms with Crippen molar-refractivity contribution >= 4 is 11.9 Å². The van der Waals surface area contributed by atoms with E-state index in [1.807, 2.05) is 0 Å². The molecule has 0 radical (unpaired) electrons. The Morgan fingerprint density at radius 3 is 2.12 bits per heavy atom. The van der Waals surface area contributed by atoms with Crippen LogP contribution >= 0.6 is 0 Å². The van der Waals surface area contributed by atoms with Crippen LogP contribution in [0, 0.1) is 0 Å². The third-order valence-corrected chi connectivity index (χ3v) is 3.47. The van der Waals surface area contributed by atoms with Gasteiger partial charge in [0.15, 0.2) is 17.3 Å². The van der Waals surface area contributed by atoms with Gasteiger partial charge in [0.2, 0.25) is 0 Å². The number of hydrogen-bond donors (Lipinski definition) is 0. The monoisotopic (exact) mass is 364 g/mol. The van der Waals surface area contributed by atoms with Gasteiger partial charge < -0.3 is 18.9 Å². The first-order valence-corrected chi connectivity index (χ1v) is 7.55. The first kappa shape index (κ1) is 19.2. The van der Waals surface area contributed by atoms with E-state index in [2.05, 4.69) is 4.74 Å². The van der Waals surface area contributed by atoms with E-state index in [9.17, 15) is 13.6 Å². The number of halogens is 2. The van der Waals surface area contributed by atoms with Crippen LogP contribution in [0.5, 0.6) is 23.0 Å². The van der Waals surface area contributed by atoms with Gasteiger partial charge in [0, 0.05) is 11.6 Å². The van der Waals surface area contributed by atoms with Gasteiger partial charge in [-0.3, -0.25) is 4.79 Å². The molecule has 2 aromatic carbocycles. The summed E-state index contributed by atoms with van der Waals surface area (Å²) in [7, 11) is 4.37. The van der Waals surface area contributed by atoms with Gasteiger partial charge in [0.05, 0.1) is 21.3 Å². The fraction of sp³-hybridized carbons (Fsp3) is 0.211. The van der Waals surface area contributed by atoms with Gasteiger partial charge in [-0.1, -0.05) is 6.08 Å². The van der Waals surface area contributed by atoms with E-state index in [-0.39, 0.29) is 22.8 Å². The molecule has 2 aromatic rings. The average Bonchev–Trinajstić information content (AvgIpc) is 2.65. The minimum Gasteiger partial charge on any atom is -0.497 e. The molecule has 0 aliphatic rings. The molecule has 0 aliphatic carbocycles. The summed E-state index contributed by atoms with van der Waals surface area (Å²) in [6.45, 7) is -2.98. The third kappa shape index (κ3) is 4.95. The molecule has 0 saturated carbocycles. The molecule has 138 valence electrons. The summed E-state index contributed by atoms with van der Waals surface area (Å²) < 4.78 is 44.4. The first-order chi connectivity index (χ1) is 12.5. The Morgan fingerprint density at radius 1 is 0.923 bits per heavy atom. The van der Waals surface area contributed by atoms with Gasteiger partial charge >= 0.3 is 6.61 Å². The summed E-state index contributed by atoms with van der Waals surface area (Å²) in [5, 5.41) is 0. The molecule has 0 aliphatic heterocycles. The molecule has 5 nitrogen and oxygen atoms in total. The highest BCUT2D eigenvalue weighted by molar-refractivity contribution is 6.07. The van der Waals surface area contributed by atoms with E-state index >= 15 is 0 Å². The summed E-state index contributed by atoms with van der Waals surface area (Å²) in [5.41, 5.74) is 0.980. The van der Waals surface area contributed by atoms with Crippen molar-refractivity contribution in [2.45, 2.75) is 6.61 Å². The van der Waals surface area contributed by atoms with E-state index in [0.717, 1.165) is 0 Å². The maximum Gasteiger partial charge on any atom is 0.387 e. The Labute approximate surface area is 149 Å². The molecule has 0 fully saturated rings. The fourth-order valence-corrected chi connectivity index (χ4v) is 2.21. The molecule has 0 bridgehead atoms. The Hall–Kier alpha value is -3.09. The summed E-state index contributed by atoms with van der Waals surface area (Å²) in [6.07, 6.45) is 2.96. The van der Waals surface area contributed by atoms with Crippen molar-refractivity contribution in [2.24, 2.45) is 0 Å². The molecule has 7 heteroatoms. The summed E-state index contributed by atoms with van der Waals surface area (Å²) in [6, 6.07) is 9.20. The molecule has 0 atom stereocenters. The zero-order valence-electron chi connectivity index (χ0n) is 14.5. The van der Waals surface area contributed by atoms with Crippen LogP contribution in [0.2, 0.25) is 0 Å². The quantitative estimate of drug-likeness (QED) is 0.519. The van der Waals surface area contributed by atoms with E-state index in [1.165, 1.54) is 45.6 Å². The maximum atomic E-state index is 12.4. The molecule has 0 unspecified atom stereocenters. The lowest BCUT2D eigenvalue weighted by Crippen LogP contribution is -2.04. The lowest BCUT2D eigenvalue weighted by atomic mass is 10.1. The Balaban J connectivity index is 2.23. The number of carbonyl (C=O) groups is 1. The van der Waals surface area contributed by atoms with Crippen molar-refractivity contribution < 1.29 is 32.5 Å². The normalized spacial score (nSPS) is 10.8. The number of carbonyl (C=O) groups excluding carboxylic acids is 1. The molecular formula is C19H18F2O5.